The Labute approximate surface area is 152 Å². The summed E-state index contributed by atoms with van der Waals surface area (Å²) in [6.07, 6.45) is 2.28. The van der Waals surface area contributed by atoms with Gasteiger partial charge in [0.1, 0.15) is 5.75 Å². The van der Waals surface area contributed by atoms with Gasteiger partial charge >= 0.3 is 0 Å². The largest absolute Gasteiger partial charge is 0.484 e. The minimum absolute atomic E-state index is 0. The number of benzene rings is 1. The Morgan fingerprint density at radius 3 is 2.54 bits per heavy atom. The molecule has 1 aromatic rings. The number of carbonyl (C=O) groups is 1. The number of hydrogen-bond acceptors (Lipinski definition) is 3. The molecule has 0 spiro atoms. The van der Waals surface area contributed by atoms with Crippen LogP contribution >= 0.6 is 12.4 Å². The third kappa shape index (κ3) is 5.99. The fraction of sp³-hybridized carbons (Fsp3) is 0.632. The van der Waals surface area contributed by atoms with Crippen LogP contribution in [-0.4, -0.2) is 44.1 Å². The van der Waals surface area contributed by atoms with E-state index < -0.39 is 0 Å². The Balaban J connectivity index is 0.00000288. The van der Waals surface area contributed by atoms with Crippen molar-refractivity contribution in [2.24, 2.45) is 5.92 Å². The first kappa shape index (κ1) is 20.8. The maximum Gasteiger partial charge on any atom is 0.260 e. The van der Waals surface area contributed by atoms with Gasteiger partial charge in [-0.1, -0.05) is 32.9 Å². The average Bonchev–Trinajstić information content (AvgIpc) is 2.53. The van der Waals surface area contributed by atoms with Gasteiger partial charge in [0.15, 0.2) is 6.61 Å². The van der Waals surface area contributed by atoms with Crippen LogP contribution in [0, 0.1) is 5.92 Å². The van der Waals surface area contributed by atoms with Crippen LogP contribution in [0.2, 0.25) is 0 Å². The average molecular weight is 355 g/mol. The molecule has 1 aromatic carbocycles. The van der Waals surface area contributed by atoms with Crippen molar-refractivity contribution in [3.63, 3.8) is 0 Å². The number of carbonyl (C=O) groups excluding carboxylic acids is 1. The molecular weight excluding hydrogens is 324 g/mol. The normalized spacial score (nSPS) is 18.0. The molecule has 1 unspecified atom stereocenters. The van der Waals surface area contributed by atoms with Gasteiger partial charge in [0.25, 0.3) is 5.91 Å². The summed E-state index contributed by atoms with van der Waals surface area (Å²) in [7, 11) is 1.96. The highest BCUT2D eigenvalue weighted by Gasteiger charge is 2.23. The standard InChI is InChI=1S/C19H30N2O2.ClH/c1-19(2,3)16-7-9-17(10-8-16)23-14-18(22)21-11-5-6-15(13-21)12-20-4;/h7-10,15,20H,5-6,11-14H2,1-4H3;1H. The van der Waals surface area contributed by atoms with E-state index in [0.717, 1.165) is 31.8 Å². The highest BCUT2D eigenvalue weighted by molar-refractivity contribution is 5.85. The van der Waals surface area contributed by atoms with E-state index in [2.05, 4.69) is 38.2 Å². The van der Waals surface area contributed by atoms with Crippen molar-refractivity contribution in [3.8, 4) is 5.75 Å². The predicted molar refractivity (Wildman–Crippen MR) is 101 cm³/mol. The van der Waals surface area contributed by atoms with E-state index in [0.29, 0.717) is 5.92 Å². The number of halogens is 1. The molecule has 0 radical (unpaired) electrons. The topological polar surface area (TPSA) is 41.6 Å². The number of amides is 1. The smallest absolute Gasteiger partial charge is 0.260 e. The van der Waals surface area contributed by atoms with Crippen molar-refractivity contribution in [2.75, 3.05) is 33.3 Å². The molecule has 5 heteroatoms. The maximum absolute atomic E-state index is 12.3. The van der Waals surface area contributed by atoms with Crippen molar-refractivity contribution < 1.29 is 9.53 Å². The Kier molecular flexibility index (Phi) is 8.04. The molecule has 0 bridgehead atoms. The summed E-state index contributed by atoms with van der Waals surface area (Å²) in [6.45, 7) is 9.34. The van der Waals surface area contributed by atoms with Crippen molar-refractivity contribution >= 4 is 18.3 Å². The van der Waals surface area contributed by atoms with E-state index in [4.69, 9.17) is 4.74 Å². The molecule has 0 saturated carbocycles. The summed E-state index contributed by atoms with van der Waals surface area (Å²) in [5.74, 6) is 1.41. The van der Waals surface area contributed by atoms with Gasteiger partial charge in [-0.2, -0.15) is 0 Å². The quantitative estimate of drug-likeness (QED) is 0.882. The number of rotatable bonds is 5. The van der Waals surface area contributed by atoms with Crippen molar-refractivity contribution in [3.05, 3.63) is 29.8 Å². The number of hydrogen-bond donors (Lipinski definition) is 1. The number of nitrogens with zero attached hydrogens (tertiary/aromatic N) is 1. The molecule has 1 aliphatic heterocycles. The van der Waals surface area contributed by atoms with Gasteiger partial charge in [0.05, 0.1) is 0 Å². The highest BCUT2D eigenvalue weighted by atomic mass is 35.5. The van der Waals surface area contributed by atoms with Crippen molar-refractivity contribution in [2.45, 2.75) is 39.0 Å². The molecule has 0 aliphatic carbocycles. The molecular formula is C19H31ClN2O2. The summed E-state index contributed by atoms with van der Waals surface area (Å²) in [5.41, 5.74) is 1.40. The van der Waals surface area contributed by atoms with E-state index >= 15 is 0 Å². The molecule has 2 rings (SSSR count). The molecule has 24 heavy (non-hydrogen) atoms. The minimum Gasteiger partial charge on any atom is -0.484 e. The first-order valence-electron chi connectivity index (χ1n) is 8.56. The summed E-state index contributed by atoms with van der Waals surface area (Å²) in [5, 5.41) is 3.20. The first-order valence-corrected chi connectivity index (χ1v) is 8.56. The van der Waals surface area contributed by atoms with Gasteiger partial charge in [-0.25, -0.2) is 0 Å². The lowest BCUT2D eigenvalue weighted by molar-refractivity contribution is -0.135. The van der Waals surface area contributed by atoms with E-state index in [1.54, 1.807) is 0 Å². The lowest BCUT2D eigenvalue weighted by atomic mass is 9.87. The van der Waals surface area contributed by atoms with Crippen LogP contribution in [-0.2, 0) is 10.2 Å². The van der Waals surface area contributed by atoms with Gasteiger partial charge in [0, 0.05) is 13.1 Å². The van der Waals surface area contributed by atoms with E-state index in [9.17, 15) is 4.79 Å². The summed E-state index contributed by atoms with van der Waals surface area (Å²) in [6, 6.07) is 8.05. The van der Waals surface area contributed by atoms with Crippen LogP contribution in [0.5, 0.6) is 5.75 Å². The summed E-state index contributed by atoms with van der Waals surface area (Å²) in [4.78, 5) is 14.3. The van der Waals surface area contributed by atoms with Crippen LogP contribution in [0.25, 0.3) is 0 Å². The third-order valence-electron chi connectivity index (χ3n) is 4.45. The molecule has 1 aliphatic rings. The fourth-order valence-corrected chi connectivity index (χ4v) is 3.03. The second-order valence-corrected chi connectivity index (χ2v) is 7.47. The first-order chi connectivity index (χ1) is 10.9. The molecule has 1 saturated heterocycles. The van der Waals surface area contributed by atoms with Crippen molar-refractivity contribution in [1.82, 2.24) is 10.2 Å². The number of ether oxygens (including phenoxy) is 1. The molecule has 1 N–H and O–H groups in total. The van der Waals surface area contributed by atoms with E-state index in [-0.39, 0.29) is 30.3 Å². The maximum atomic E-state index is 12.3. The number of nitrogens with one attached hydrogen (secondary N) is 1. The minimum atomic E-state index is 0. The lowest BCUT2D eigenvalue weighted by Crippen LogP contribution is -2.44. The van der Waals surface area contributed by atoms with Gasteiger partial charge < -0.3 is 15.0 Å². The van der Waals surface area contributed by atoms with Crippen molar-refractivity contribution in [1.29, 1.82) is 0 Å². The van der Waals surface area contributed by atoms with E-state index in [1.807, 2.05) is 24.1 Å². The third-order valence-corrected chi connectivity index (χ3v) is 4.45. The van der Waals surface area contributed by atoms with Gasteiger partial charge in [-0.05, 0) is 55.5 Å². The fourth-order valence-electron chi connectivity index (χ4n) is 3.03. The molecule has 0 aromatic heterocycles. The zero-order valence-corrected chi connectivity index (χ0v) is 16.1. The van der Waals surface area contributed by atoms with Crippen LogP contribution in [0.15, 0.2) is 24.3 Å². The highest BCUT2D eigenvalue weighted by Crippen LogP contribution is 2.24. The summed E-state index contributed by atoms with van der Waals surface area (Å²) < 4.78 is 5.68. The predicted octanol–water partition coefficient (Wildman–Crippen LogP) is 3.24. The lowest BCUT2D eigenvalue weighted by Gasteiger charge is -2.32. The number of likely N-dealkylation sites (tertiary alicyclic amines) is 1. The van der Waals surface area contributed by atoms with Gasteiger partial charge in [-0.3, -0.25) is 4.79 Å². The zero-order valence-electron chi connectivity index (χ0n) is 15.3. The molecule has 1 amide bonds. The monoisotopic (exact) mass is 354 g/mol. The molecule has 1 heterocycles. The Hall–Kier alpha value is -1.26. The zero-order chi connectivity index (χ0) is 16.9. The molecule has 4 nitrogen and oxygen atoms in total. The Morgan fingerprint density at radius 2 is 1.96 bits per heavy atom. The van der Waals surface area contributed by atoms with Crippen LogP contribution in [0.1, 0.15) is 39.2 Å². The Bertz CT molecular complexity index is 509. The second-order valence-electron chi connectivity index (χ2n) is 7.47. The summed E-state index contributed by atoms with van der Waals surface area (Å²) >= 11 is 0. The SMILES string of the molecule is CNCC1CCCN(C(=O)COc2ccc(C(C)(C)C)cc2)C1.Cl. The Morgan fingerprint density at radius 1 is 1.29 bits per heavy atom. The second kappa shape index (κ2) is 9.28. The van der Waals surface area contributed by atoms with Crippen LogP contribution in [0.3, 0.4) is 0 Å². The molecule has 136 valence electrons. The van der Waals surface area contributed by atoms with E-state index in [1.165, 1.54) is 12.0 Å². The van der Waals surface area contributed by atoms with Gasteiger partial charge in [-0.15, -0.1) is 12.4 Å². The molecule has 1 atom stereocenters. The van der Waals surface area contributed by atoms with Crippen LogP contribution < -0.4 is 10.1 Å². The number of piperidine rings is 1. The molecule has 1 fully saturated rings. The van der Waals surface area contributed by atoms with Gasteiger partial charge in [0.2, 0.25) is 0 Å². The van der Waals surface area contributed by atoms with Crippen LogP contribution in [0.4, 0.5) is 0 Å².